The lowest BCUT2D eigenvalue weighted by atomic mass is 9.79. The van der Waals surface area contributed by atoms with E-state index in [2.05, 4.69) is 20.1 Å². The number of halogens is 2. The highest BCUT2D eigenvalue weighted by Crippen LogP contribution is 2.34. The van der Waals surface area contributed by atoms with E-state index in [0.29, 0.717) is 35.2 Å². The summed E-state index contributed by atoms with van der Waals surface area (Å²) in [6.45, 7) is 8.59. The van der Waals surface area contributed by atoms with Crippen LogP contribution in [0.25, 0.3) is 0 Å². The SMILES string of the molecule is Cc1ccc([C@@H](C)Nc2nc(N3CCC(C4CCCN(CCC(=O)O)C4)CC3)ncc2Cl)c(Cl)c1. The number of hydrogen-bond donors (Lipinski definition) is 2. The van der Waals surface area contributed by atoms with E-state index in [0.717, 1.165) is 61.6 Å². The first-order valence-corrected chi connectivity index (χ1v) is 13.3. The maximum absolute atomic E-state index is 10.9. The van der Waals surface area contributed by atoms with Crippen molar-refractivity contribution in [2.75, 3.05) is 42.9 Å². The average Bonchev–Trinajstić information content (AvgIpc) is 2.84. The van der Waals surface area contributed by atoms with Crippen LogP contribution >= 0.6 is 23.2 Å². The van der Waals surface area contributed by atoms with Gasteiger partial charge in [0.15, 0.2) is 5.82 Å². The highest BCUT2D eigenvalue weighted by molar-refractivity contribution is 6.33. The van der Waals surface area contributed by atoms with Crippen molar-refractivity contribution in [3.63, 3.8) is 0 Å². The second kappa shape index (κ2) is 11.8. The Balaban J connectivity index is 1.35. The molecule has 1 unspecified atom stereocenters. The van der Waals surface area contributed by atoms with Crippen LogP contribution in [0.3, 0.4) is 0 Å². The van der Waals surface area contributed by atoms with Gasteiger partial charge in [0.05, 0.1) is 18.7 Å². The normalized spacial score (nSPS) is 20.6. The van der Waals surface area contributed by atoms with E-state index >= 15 is 0 Å². The maximum atomic E-state index is 10.9. The topological polar surface area (TPSA) is 81.6 Å². The van der Waals surface area contributed by atoms with E-state index in [-0.39, 0.29) is 12.5 Å². The number of carboxylic acid groups (broad SMARTS) is 1. The number of nitrogens with zero attached hydrogens (tertiary/aromatic N) is 4. The van der Waals surface area contributed by atoms with Crippen LogP contribution in [0.1, 0.15) is 56.2 Å². The quantitative estimate of drug-likeness (QED) is 0.464. The Morgan fingerprint density at radius 3 is 2.66 bits per heavy atom. The molecule has 2 aromatic rings. The highest BCUT2D eigenvalue weighted by Gasteiger charge is 2.31. The van der Waals surface area contributed by atoms with Crippen molar-refractivity contribution in [3.05, 3.63) is 45.6 Å². The predicted octanol–water partition coefficient (Wildman–Crippen LogP) is 5.67. The van der Waals surface area contributed by atoms with Crippen LogP contribution in [-0.2, 0) is 4.79 Å². The van der Waals surface area contributed by atoms with Gasteiger partial charge in [0, 0.05) is 31.2 Å². The second-order valence-electron chi connectivity index (χ2n) is 9.93. The summed E-state index contributed by atoms with van der Waals surface area (Å²) in [7, 11) is 0. The predicted molar refractivity (Wildman–Crippen MR) is 142 cm³/mol. The van der Waals surface area contributed by atoms with Gasteiger partial charge in [0.25, 0.3) is 0 Å². The fraction of sp³-hybridized carbons (Fsp3) is 0.577. The van der Waals surface area contributed by atoms with E-state index in [1.165, 1.54) is 6.42 Å². The largest absolute Gasteiger partial charge is 0.481 e. The first-order chi connectivity index (χ1) is 16.8. The molecule has 2 saturated heterocycles. The minimum Gasteiger partial charge on any atom is -0.481 e. The number of aryl methyl sites for hydroxylation is 1. The molecule has 0 amide bonds. The average molecular weight is 521 g/mol. The van der Waals surface area contributed by atoms with E-state index < -0.39 is 5.97 Å². The molecule has 0 saturated carbocycles. The summed E-state index contributed by atoms with van der Waals surface area (Å²) in [6.07, 6.45) is 6.48. The number of carboxylic acids is 1. The molecule has 2 aliphatic rings. The monoisotopic (exact) mass is 519 g/mol. The van der Waals surface area contributed by atoms with Crippen molar-refractivity contribution in [2.45, 2.75) is 52.0 Å². The molecule has 2 aliphatic heterocycles. The zero-order valence-electron chi connectivity index (χ0n) is 20.5. The third-order valence-corrected chi connectivity index (χ3v) is 7.98. The fourth-order valence-corrected chi connectivity index (χ4v) is 5.93. The molecule has 0 spiro atoms. The van der Waals surface area contributed by atoms with Gasteiger partial charge in [-0.2, -0.15) is 4.98 Å². The van der Waals surface area contributed by atoms with Gasteiger partial charge < -0.3 is 20.2 Å². The zero-order valence-corrected chi connectivity index (χ0v) is 22.0. The van der Waals surface area contributed by atoms with Crippen molar-refractivity contribution in [1.82, 2.24) is 14.9 Å². The summed E-state index contributed by atoms with van der Waals surface area (Å²) in [5.74, 6) is 1.90. The number of nitrogens with one attached hydrogen (secondary N) is 1. The first-order valence-electron chi connectivity index (χ1n) is 12.5. The molecular weight excluding hydrogens is 485 g/mol. The highest BCUT2D eigenvalue weighted by atomic mass is 35.5. The Morgan fingerprint density at radius 1 is 1.17 bits per heavy atom. The molecule has 0 aliphatic carbocycles. The standard InChI is InChI=1S/C26H35Cl2N5O2/c1-17-5-6-21(22(27)14-17)18(2)30-25-23(28)15-29-26(31-25)33-12-7-19(8-13-33)20-4-3-10-32(16-20)11-9-24(34)35/h5-6,14-15,18-20H,3-4,7-13,16H2,1-2H3,(H,34,35)(H,29,30,31)/t18-,20?/m1/s1. The molecule has 1 aromatic carbocycles. The summed E-state index contributed by atoms with van der Waals surface area (Å²) >= 11 is 12.9. The lowest BCUT2D eigenvalue weighted by Crippen LogP contribution is -2.43. The fourth-order valence-electron chi connectivity index (χ4n) is 5.38. The van der Waals surface area contributed by atoms with Gasteiger partial charge in [0.1, 0.15) is 5.02 Å². The van der Waals surface area contributed by atoms with Gasteiger partial charge in [-0.05, 0) is 75.1 Å². The summed E-state index contributed by atoms with van der Waals surface area (Å²) in [5, 5.41) is 13.6. The Kier molecular flexibility index (Phi) is 8.73. The minimum atomic E-state index is -0.714. The molecular formula is C26H35Cl2N5O2. The number of anilines is 2. The number of carbonyl (C=O) groups is 1. The molecule has 7 nitrogen and oxygen atoms in total. The van der Waals surface area contributed by atoms with Gasteiger partial charge in [-0.15, -0.1) is 0 Å². The molecule has 1 aromatic heterocycles. The number of rotatable bonds is 8. The van der Waals surface area contributed by atoms with Crippen LogP contribution in [0.4, 0.5) is 11.8 Å². The first kappa shape index (κ1) is 26.0. The Hall–Kier alpha value is -2.09. The van der Waals surface area contributed by atoms with E-state index in [1.54, 1.807) is 6.20 Å². The minimum absolute atomic E-state index is 0.0514. The van der Waals surface area contributed by atoms with Crippen molar-refractivity contribution < 1.29 is 9.90 Å². The smallest absolute Gasteiger partial charge is 0.304 e. The van der Waals surface area contributed by atoms with Gasteiger partial charge in [-0.1, -0.05) is 35.3 Å². The van der Waals surface area contributed by atoms with Crippen molar-refractivity contribution >= 4 is 40.9 Å². The van der Waals surface area contributed by atoms with Gasteiger partial charge >= 0.3 is 5.97 Å². The van der Waals surface area contributed by atoms with Crippen LogP contribution in [0.2, 0.25) is 10.0 Å². The summed E-state index contributed by atoms with van der Waals surface area (Å²) < 4.78 is 0. The molecule has 4 rings (SSSR count). The zero-order chi connectivity index (χ0) is 24.9. The third kappa shape index (κ3) is 6.78. The molecule has 35 heavy (non-hydrogen) atoms. The van der Waals surface area contributed by atoms with Crippen LogP contribution in [0.15, 0.2) is 24.4 Å². The van der Waals surface area contributed by atoms with E-state index in [1.807, 2.05) is 32.0 Å². The van der Waals surface area contributed by atoms with Crippen LogP contribution < -0.4 is 10.2 Å². The van der Waals surface area contributed by atoms with Gasteiger partial charge in [-0.3, -0.25) is 4.79 Å². The summed E-state index contributed by atoms with van der Waals surface area (Å²) in [4.78, 5) is 24.8. The lowest BCUT2D eigenvalue weighted by Gasteiger charge is -2.40. The second-order valence-corrected chi connectivity index (χ2v) is 10.7. The number of likely N-dealkylation sites (tertiary alicyclic amines) is 1. The Morgan fingerprint density at radius 2 is 1.94 bits per heavy atom. The molecule has 9 heteroatoms. The van der Waals surface area contributed by atoms with Crippen LogP contribution in [0.5, 0.6) is 0 Å². The Bertz CT molecular complexity index is 1030. The number of aromatic nitrogens is 2. The lowest BCUT2D eigenvalue weighted by molar-refractivity contribution is -0.137. The molecule has 2 fully saturated rings. The van der Waals surface area contributed by atoms with Crippen LogP contribution in [0, 0.1) is 18.8 Å². The number of piperidine rings is 2. The molecule has 0 bridgehead atoms. The van der Waals surface area contributed by atoms with Crippen molar-refractivity contribution in [1.29, 1.82) is 0 Å². The van der Waals surface area contributed by atoms with Gasteiger partial charge in [-0.25, -0.2) is 4.98 Å². The molecule has 2 atom stereocenters. The molecule has 2 N–H and O–H groups in total. The number of benzene rings is 1. The van der Waals surface area contributed by atoms with E-state index in [9.17, 15) is 4.79 Å². The summed E-state index contributed by atoms with van der Waals surface area (Å²) in [5.41, 5.74) is 2.12. The Labute approximate surface area is 217 Å². The third-order valence-electron chi connectivity index (χ3n) is 7.38. The molecule has 190 valence electrons. The van der Waals surface area contributed by atoms with E-state index in [4.69, 9.17) is 33.3 Å². The maximum Gasteiger partial charge on any atom is 0.304 e. The summed E-state index contributed by atoms with van der Waals surface area (Å²) in [6, 6.07) is 5.99. The van der Waals surface area contributed by atoms with Crippen LogP contribution in [-0.4, -0.2) is 58.7 Å². The molecule has 3 heterocycles. The number of hydrogen-bond acceptors (Lipinski definition) is 6. The van der Waals surface area contributed by atoms with Gasteiger partial charge in [0.2, 0.25) is 5.95 Å². The number of aliphatic carboxylic acids is 1. The van der Waals surface area contributed by atoms with Crippen molar-refractivity contribution in [2.24, 2.45) is 11.8 Å². The van der Waals surface area contributed by atoms with Crippen molar-refractivity contribution in [3.8, 4) is 0 Å². The molecule has 0 radical (unpaired) electrons.